The Morgan fingerprint density at radius 1 is 1.34 bits per heavy atom. The molecule has 1 aromatic heterocycles. The Kier molecular flexibility index (Phi) is 5.94. The third-order valence-corrected chi connectivity index (χ3v) is 6.40. The minimum absolute atomic E-state index is 0.124. The Bertz CT molecular complexity index is 869. The third-order valence-electron chi connectivity index (χ3n) is 6.40. The van der Waals surface area contributed by atoms with Gasteiger partial charge in [-0.3, -0.25) is 9.69 Å². The first-order valence-electron chi connectivity index (χ1n) is 10.5. The van der Waals surface area contributed by atoms with Crippen LogP contribution in [0.15, 0.2) is 22.7 Å². The first-order valence-corrected chi connectivity index (χ1v) is 10.5. The number of benzene rings is 1. The van der Waals surface area contributed by atoms with Gasteiger partial charge in [-0.25, -0.2) is 4.39 Å². The zero-order valence-electron chi connectivity index (χ0n) is 17.1. The normalized spacial score (nSPS) is 24.4. The summed E-state index contributed by atoms with van der Waals surface area (Å²) in [6.07, 6.45) is 7.19. The van der Waals surface area contributed by atoms with Crippen molar-refractivity contribution in [3.05, 3.63) is 35.5 Å². The van der Waals surface area contributed by atoms with E-state index in [0.29, 0.717) is 41.2 Å². The van der Waals surface area contributed by atoms with Crippen molar-refractivity contribution < 1.29 is 18.4 Å². The van der Waals surface area contributed by atoms with Crippen molar-refractivity contribution in [2.24, 2.45) is 5.92 Å². The molecular formula is C22H28FN3O3. The highest BCUT2D eigenvalue weighted by Crippen LogP contribution is 2.40. The van der Waals surface area contributed by atoms with E-state index >= 15 is 0 Å². The lowest BCUT2D eigenvalue weighted by atomic mass is 9.85. The fourth-order valence-electron chi connectivity index (χ4n) is 4.86. The first kappa shape index (κ1) is 20.0. The van der Waals surface area contributed by atoms with Crippen LogP contribution in [-0.4, -0.2) is 46.7 Å². The lowest BCUT2D eigenvalue weighted by Gasteiger charge is -2.33. The average Bonchev–Trinajstić information content (AvgIpc) is 3.35. The Balaban J connectivity index is 1.38. The van der Waals surface area contributed by atoms with Crippen molar-refractivity contribution in [2.45, 2.75) is 64.0 Å². The predicted molar refractivity (Wildman–Crippen MR) is 106 cm³/mol. The van der Waals surface area contributed by atoms with Gasteiger partial charge < -0.3 is 9.26 Å². The SMILES string of the molecule is COC(=O)C1CC2CCCCC2N1CCCc1nc(-c2ccc(C)c(F)c2)no1. The minimum atomic E-state index is -0.279. The number of hydrogen-bond acceptors (Lipinski definition) is 6. The predicted octanol–water partition coefficient (Wildman–Crippen LogP) is 3.92. The summed E-state index contributed by atoms with van der Waals surface area (Å²) < 4.78 is 24.2. The molecule has 3 atom stereocenters. The van der Waals surface area contributed by atoms with Gasteiger partial charge in [0.15, 0.2) is 0 Å². The fourth-order valence-corrected chi connectivity index (χ4v) is 4.86. The van der Waals surface area contributed by atoms with Crippen LogP contribution in [0.1, 0.15) is 50.0 Å². The van der Waals surface area contributed by atoms with Crippen LogP contribution in [-0.2, 0) is 16.0 Å². The van der Waals surface area contributed by atoms with E-state index in [1.807, 2.05) is 0 Å². The summed E-state index contributed by atoms with van der Waals surface area (Å²) in [4.78, 5) is 19.0. The molecule has 2 fully saturated rings. The molecule has 1 saturated heterocycles. The Labute approximate surface area is 170 Å². The largest absolute Gasteiger partial charge is 0.468 e. The maximum absolute atomic E-state index is 13.8. The van der Waals surface area contributed by atoms with Crippen molar-refractivity contribution in [1.29, 1.82) is 0 Å². The number of esters is 1. The molecule has 1 aliphatic carbocycles. The molecule has 0 radical (unpaired) electrons. The maximum Gasteiger partial charge on any atom is 0.323 e. The van der Waals surface area contributed by atoms with E-state index < -0.39 is 0 Å². The first-order chi connectivity index (χ1) is 14.1. The van der Waals surface area contributed by atoms with E-state index in [9.17, 15) is 9.18 Å². The maximum atomic E-state index is 13.8. The van der Waals surface area contributed by atoms with Crippen molar-refractivity contribution >= 4 is 5.97 Å². The summed E-state index contributed by atoms with van der Waals surface area (Å²) in [6, 6.07) is 5.27. The van der Waals surface area contributed by atoms with E-state index in [0.717, 1.165) is 25.8 Å². The van der Waals surface area contributed by atoms with Crippen molar-refractivity contribution in [2.75, 3.05) is 13.7 Å². The highest BCUT2D eigenvalue weighted by Gasteiger charge is 2.45. The van der Waals surface area contributed by atoms with Crippen LogP contribution in [0.4, 0.5) is 4.39 Å². The molecule has 0 amide bonds. The summed E-state index contributed by atoms with van der Waals surface area (Å²) in [6.45, 7) is 2.52. The van der Waals surface area contributed by atoms with E-state index in [4.69, 9.17) is 9.26 Å². The van der Waals surface area contributed by atoms with E-state index in [1.165, 1.54) is 32.4 Å². The Hall–Kier alpha value is -2.28. The number of aromatic nitrogens is 2. The van der Waals surface area contributed by atoms with Gasteiger partial charge in [0.1, 0.15) is 11.9 Å². The number of carbonyl (C=O) groups is 1. The molecule has 7 heteroatoms. The van der Waals surface area contributed by atoms with Crippen LogP contribution in [0.3, 0.4) is 0 Å². The highest BCUT2D eigenvalue weighted by molar-refractivity contribution is 5.76. The number of nitrogens with zero attached hydrogens (tertiary/aromatic N) is 3. The fraction of sp³-hybridized carbons (Fsp3) is 0.591. The molecule has 1 saturated carbocycles. The van der Waals surface area contributed by atoms with Crippen molar-refractivity contribution in [1.82, 2.24) is 15.0 Å². The van der Waals surface area contributed by atoms with Crippen LogP contribution in [0.5, 0.6) is 0 Å². The number of likely N-dealkylation sites (tertiary alicyclic amines) is 1. The lowest BCUT2D eigenvalue weighted by molar-refractivity contribution is -0.146. The van der Waals surface area contributed by atoms with Gasteiger partial charge in [0.05, 0.1) is 7.11 Å². The molecule has 1 aliphatic heterocycles. The molecule has 2 aromatic rings. The molecule has 2 aliphatic rings. The number of methoxy groups -OCH3 is 1. The Morgan fingerprint density at radius 2 is 2.17 bits per heavy atom. The summed E-state index contributed by atoms with van der Waals surface area (Å²) in [7, 11) is 1.47. The van der Waals surface area contributed by atoms with Gasteiger partial charge in [-0.15, -0.1) is 0 Å². The van der Waals surface area contributed by atoms with Gasteiger partial charge in [0.2, 0.25) is 11.7 Å². The number of hydrogen-bond donors (Lipinski definition) is 0. The lowest BCUT2D eigenvalue weighted by Crippen LogP contribution is -2.43. The van der Waals surface area contributed by atoms with Gasteiger partial charge in [0, 0.05) is 18.0 Å². The average molecular weight is 401 g/mol. The number of rotatable bonds is 6. The molecule has 156 valence electrons. The summed E-state index contributed by atoms with van der Waals surface area (Å²) in [5.41, 5.74) is 1.20. The number of fused-ring (bicyclic) bond motifs is 1. The van der Waals surface area contributed by atoms with Gasteiger partial charge >= 0.3 is 5.97 Å². The van der Waals surface area contributed by atoms with Crippen molar-refractivity contribution in [3.8, 4) is 11.4 Å². The zero-order valence-corrected chi connectivity index (χ0v) is 17.1. The molecule has 3 unspecified atom stereocenters. The highest BCUT2D eigenvalue weighted by atomic mass is 19.1. The van der Waals surface area contributed by atoms with Gasteiger partial charge in [-0.1, -0.05) is 30.1 Å². The quantitative estimate of drug-likeness (QED) is 0.684. The number of ether oxygens (including phenoxy) is 1. The van der Waals surface area contributed by atoms with Crippen LogP contribution in [0, 0.1) is 18.7 Å². The van der Waals surface area contributed by atoms with Crippen LogP contribution >= 0.6 is 0 Å². The summed E-state index contributed by atoms with van der Waals surface area (Å²) in [5, 5.41) is 3.99. The second-order valence-corrected chi connectivity index (χ2v) is 8.20. The minimum Gasteiger partial charge on any atom is -0.468 e. The molecule has 0 bridgehead atoms. The molecule has 1 aromatic carbocycles. The molecule has 0 N–H and O–H groups in total. The smallest absolute Gasteiger partial charge is 0.323 e. The monoisotopic (exact) mass is 401 g/mol. The van der Waals surface area contributed by atoms with Crippen molar-refractivity contribution in [3.63, 3.8) is 0 Å². The summed E-state index contributed by atoms with van der Waals surface area (Å²) in [5.74, 6) is 1.13. The van der Waals surface area contributed by atoms with E-state index in [1.54, 1.807) is 19.1 Å². The molecular weight excluding hydrogens is 373 g/mol. The van der Waals surface area contributed by atoms with E-state index in [-0.39, 0.29) is 17.8 Å². The van der Waals surface area contributed by atoms with Gasteiger partial charge in [0.25, 0.3) is 0 Å². The molecule has 4 rings (SSSR count). The summed E-state index contributed by atoms with van der Waals surface area (Å²) >= 11 is 0. The van der Waals surface area contributed by atoms with Crippen LogP contribution in [0.25, 0.3) is 11.4 Å². The number of aryl methyl sites for hydroxylation is 2. The second-order valence-electron chi connectivity index (χ2n) is 8.20. The zero-order chi connectivity index (χ0) is 20.4. The topological polar surface area (TPSA) is 68.5 Å². The van der Waals surface area contributed by atoms with Gasteiger partial charge in [-0.05, 0) is 56.7 Å². The standard InChI is InChI=1S/C22H28FN3O3/c1-14-9-10-16(12-17(14)23)21-24-20(29-25-21)8-5-11-26-18-7-4-3-6-15(18)13-19(26)22(27)28-2/h9-10,12,15,18-19H,3-8,11,13H2,1-2H3. The molecule has 2 heterocycles. The van der Waals surface area contributed by atoms with Crippen LogP contribution in [0.2, 0.25) is 0 Å². The number of halogens is 1. The molecule has 6 nitrogen and oxygen atoms in total. The Morgan fingerprint density at radius 3 is 2.97 bits per heavy atom. The van der Waals surface area contributed by atoms with E-state index in [2.05, 4.69) is 15.0 Å². The molecule has 29 heavy (non-hydrogen) atoms. The number of carbonyl (C=O) groups excluding carboxylic acids is 1. The van der Waals surface area contributed by atoms with Gasteiger partial charge in [-0.2, -0.15) is 4.98 Å². The second kappa shape index (κ2) is 8.61. The third kappa shape index (κ3) is 4.20. The van der Waals surface area contributed by atoms with Crippen LogP contribution < -0.4 is 0 Å². The molecule has 0 spiro atoms.